The van der Waals surface area contributed by atoms with E-state index in [1.165, 1.54) is 6.07 Å². The lowest BCUT2D eigenvalue weighted by molar-refractivity contribution is -0.119. The lowest BCUT2D eigenvalue weighted by atomic mass is 10.1. The van der Waals surface area contributed by atoms with Gasteiger partial charge in [-0.15, -0.1) is 0 Å². The minimum atomic E-state index is -1.06. The van der Waals surface area contributed by atoms with Gasteiger partial charge >= 0.3 is 5.97 Å². The number of benzene rings is 1. The molecule has 6 heteroatoms. The van der Waals surface area contributed by atoms with Crippen molar-refractivity contribution in [2.24, 2.45) is 0 Å². The Hall–Kier alpha value is -1.75. The molecule has 1 fully saturated rings. The molecular formula is C13H15ClN2O3. The second kappa shape index (κ2) is 5.48. The van der Waals surface area contributed by atoms with Gasteiger partial charge in [-0.2, -0.15) is 0 Å². The second-order valence-electron chi connectivity index (χ2n) is 4.64. The van der Waals surface area contributed by atoms with Crippen molar-refractivity contribution in [2.45, 2.75) is 18.9 Å². The summed E-state index contributed by atoms with van der Waals surface area (Å²) in [5.41, 5.74) is 0.455. The summed E-state index contributed by atoms with van der Waals surface area (Å²) < 4.78 is 0. The molecule has 0 radical (unpaired) electrons. The van der Waals surface area contributed by atoms with Crippen molar-refractivity contribution in [3.8, 4) is 0 Å². The largest absolute Gasteiger partial charge is 0.478 e. The number of likely N-dealkylation sites (N-methyl/N-ethyl adjacent to an activating group) is 1. The van der Waals surface area contributed by atoms with Gasteiger partial charge in [-0.25, -0.2) is 4.79 Å². The quantitative estimate of drug-likeness (QED) is 0.863. The average Bonchev–Trinajstić information content (AvgIpc) is 3.11. The van der Waals surface area contributed by atoms with E-state index in [2.05, 4.69) is 5.32 Å². The van der Waals surface area contributed by atoms with Gasteiger partial charge in [0, 0.05) is 13.1 Å². The maximum Gasteiger partial charge on any atom is 0.337 e. The molecular weight excluding hydrogens is 268 g/mol. The van der Waals surface area contributed by atoms with Crippen LogP contribution in [0.1, 0.15) is 23.2 Å². The van der Waals surface area contributed by atoms with Gasteiger partial charge in [0.1, 0.15) is 0 Å². The van der Waals surface area contributed by atoms with E-state index >= 15 is 0 Å². The van der Waals surface area contributed by atoms with Crippen LogP contribution in [0.3, 0.4) is 0 Å². The van der Waals surface area contributed by atoms with Crippen LogP contribution in [0.4, 0.5) is 5.69 Å². The van der Waals surface area contributed by atoms with Crippen LogP contribution in [-0.4, -0.2) is 36.6 Å². The number of nitrogens with zero attached hydrogens (tertiary/aromatic N) is 1. The minimum Gasteiger partial charge on any atom is -0.478 e. The summed E-state index contributed by atoms with van der Waals surface area (Å²) in [5, 5.41) is 12.3. The van der Waals surface area contributed by atoms with Crippen molar-refractivity contribution in [2.75, 3.05) is 18.5 Å². The molecule has 2 N–H and O–H groups in total. The predicted octanol–water partition coefficient (Wildman–Crippen LogP) is 1.75. The van der Waals surface area contributed by atoms with Gasteiger partial charge in [0.25, 0.3) is 0 Å². The molecule has 0 saturated heterocycles. The fraction of sp³-hybridized carbons (Fsp3) is 0.385. The van der Waals surface area contributed by atoms with E-state index < -0.39 is 5.97 Å². The molecule has 19 heavy (non-hydrogen) atoms. The number of aromatic carboxylic acids is 1. The highest BCUT2D eigenvalue weighted by atomic mass is 35.5. The lowest BCUT2D eigenvalue weighted by Gasteiger charge is -2.21. The Balaban J connectivity index is 2.14. The number of carbonyl (C=O) groups is 2. The molecule has 1 aliphatic rings. The molecule has 1 aromatic carbocycles. The Morgan fingerprint density at radius 3 is 2.74 bits per heavy atom. The first-order valence-electron chi connectivity index (χ1n) is 6.01. The lowest BCUT2D eigenvalue weighted by Crippen LogP contribution is -2.36. The number of carboxylic acids is 1. The molecule has 0 atom stereocenters. The summed E-state index contributed by atoms with van der Waals surface area (Å²) in [6.45, 7) is 0.0838. The number of anilines is 1. The molecule has 102 valence electrons. The second-order valence-corrected chi connectivity index (χ2v) is 5.05. The average molecular weight is 283 g/mol. The molecule has 5 nitrogen and oxygen atoms in total. The topological polar surface area (TPSA) is 69.6 Å². The van der Waals surface area contributed by atoms with Gasteiger partial charge in [0.15, 0.2) is 0 Å². The molecule has 1 saturated carbocycles. The minimum absolute atomic E-state index is 0.0838. The summed E-state index contributed by atoms with van der Waals surface area (Å²) in [5.74, 6) is -1.19. The number of nitrogens with one attached hydrogen (secondary N) is 1. The molecule has 2 rings (SSSR count). The molecule has 1 aromatic rings. The molecule has 0 bridgehead atoms. The summed E-state index contributed by atoms with van der Waals surface area (Å²) in [4.78, 5) is 24.5. The van der Waals surface area contributed by atoms with Crippen molar-refractivity contribution >= 4 is 29.2 Å². The zero-order chi connectivity index (χ0) is 14.0. The Kier molecular flexibility index (Phi) is 3.95. The van der Waals surface area contributed by atoms with E-state index in [0.29, 0.717) is 10.7 Å². The zero-order valence-corrected chi connectivity index (χ0v) is 11.3. The molecule has 1 amide bonds. The smallest absolute Gasteiger partial charge is 0.337 e. The molecule has 1 aliphatic carbocycles. The number of amides is 1. The van der Waals surface area contributed by atoms with Gasteiger partial charge in [-0.3, -0.25) is 4.79 Å². The predicted molar refractivity (Wildman–Crippen MR) is 72.8 cm³/mol. The van der Waals surface area contributed by atoms with Gasteiger partial charge < -0.3 is 15.3 Å². The number of hydrogen-bond acceptors (Lipinski definition) is 3. The van der Waals surface area contributed by atoms with E-state index in [-0.39, 0.29) is 24.1 Å². The van der Waals surface area contributed by atoms with Crippen LogP contribution in [0.5, 0.6) is 0 Å². The zero-order valence-electron chi connectivity index (χ0n) is 10.5. The van der Waals surface area contributed by atoms with Crippen LogP contribution in [0, 0.1) is 0 Å². The Morgan fingerprint density at radius 1 is 1.47 bits per heavy atom. The molecule has 0 heterocycles. The van der Waals surface area contributed by atoms with Crippen LogP contribution < -0.4 is 10.2 Å². The van der Waals surface area contributed by atoms with Crippen molar-refractivity contribution in [3.63, 3.8) is 0 Å². The Labute approximate surface area is 116 Å². The van der Waals surface area contributed by atoms with Crippen LogP contribution in [0.25, 0.3) is 0 Å². The highest BCUT2D eigenvalue weighted by molar-refractivity contribution is 6.34. The van der Waals surface area contributed by atoms with Gasteiger partial charge in [0.2, 0.25) is 5.91 Å². The van der Waals surface area contributed by atoms with Crippen molar-refractivity contribution in [1.82, 2.24) is 5.32 Å². The van der Waals surface area contributed by atoms with E-state index in [4.69, 9.17) is 16.7 Å². The standard InChI is InChI=1S/C13H15ClN2O3/c1-16(7-11(17)15-8-5-6-8)12-9(13(18)19)3-2-4-10(12)14/h2-4,8H,5-7H2,1H3,(H,15,17)(H,18,19). The van der Waals surface area contributed by atoms with E-state index in [1.807, 2.05) is 0 Å². The van der Waals surface area contributed by atoms with Crippen LogP contribution in [0.2, 0.25) is 5.02 Å². The van der Waals surface area contributed by atoms with E-state index in [0.717, 1.165) is 12.8 Å². The third-order valence-electron chi connectivity index (χ3n) is 2.92. The SMILES string of the molecule is CN(CC(=O)NC1CC1)c1c(Cl)cccc1C(=O)O. The third-order valence-corrected chi connectivity index (χ3v) is 3.23. The Bertz CT molecular complexity index is 515. The maximum absolute atomic E-state index is 11.7. The first-order chi connectivity index (χ1) is 8.99. The highest BCUT2D eigenvalue weighted by Crippen LogP contribution is 2.29. The molecule has 0 spiro atoms. The first-order valence-corrected chi connectivity index (χ1v) is 6.39. The van der Waals surface area contributed by atoms with E-state index in [9.17, 15) is 9.59 Å². The summed E-state index contributed by atoms with van der Waals surface area (Å²) >= 11 is 6.03. The summed E-state index contributed by atoms with van der Waals surface area (Å²) in [6.07, 6.45) is 2.03. The number of para-hydroxylation sites is 1. The molecule has 0 aromatic heterocycles. The number of carboxylic acid groups (broad SMARTS) is 1. The monoisotopic (exact) mass is 282 g/mol. The fourth-order valence-electron chi connectivity index (χ4n) is 1.87. The van der Waals surface area contributed by atoms with Crippen molar-refractivity contribution in [3.05, 3.63) is 28.8 Å². The maximum atomic E-state index is 11.7. The van der Waals surface area contributed by atoms with Crippen LogP contribution >= 0.6 is 11.6 Å². The highest BCUT2D eigenvalue weighted by Gasteiger charge is 2.24. The molecule has 0 aliphatic heterocycles. The number of carbonyl (C=O) groups excluding carboxylic acids is 1. The van der Waals surface area contributed by atoms with Crippen LogP contribution in [-0.2, 0) is 4.79 Å². The first kappa shape index (κ1) is 13.7. The van der Waals surface area contributed by atoms with Crippen molar-refractivity contribution in [1.29, 1.82) is 0 Å². The van der Waals surface area contributed by atoms with Crippen LogP contribution in [0.15, 0.2) is 18.2 Å². The molecule has 0 unspecified atom stereocenters. The number of hydrogen-bond donors (Lipinski definition) is 2. The normalized spacial score (nSPS) is 14.0. The van der Waals surface area contributed by atoms with Crippen molar-refractivity contribution < 1.29 is 14.7 Å². The van der Waals surface area contributed by atoms with Gasteiger partial charge in [0.05, 0.1) is 22.8 Å². The Morgan fingerprint density at radius 2 is 2.16 bits per heavy atom. The third kappa shape index (κ3) is 3.38. The fourth-order valence-corrected chi connectivity index (χ4v) is 2.19. The summed E-state index contributed by atoms with van der Waals surface area (Å²) in [6, 6.07) is 4.94. The summed E-state index contributed by atoms with van der Waals surface area (Å²) in [7, 11) is 1.65. The van der Waals surface area contributed by atoms with Gasteiger partial charge in [-0.05, 0) is 25.0 Å². The van der Waals surface area contributed by atoms with Gasteiger partial charge in [-0.1, -0.05) is 17.7 Å². The number of rotatable bonds is 5. The van der Waals surface area contributed by atoms with E-state index in [1.54, 1.807) is 24.1 Å². The number of halogens is 1.